The second-order valence-corrected chi connectivity index (χ2v) is 6.29. The van der Waals surface area contributed by atoms with E-state index in [2.05, 4.69) is 13.0 Å². The lowest BCUT2D eigenvalue weighted by molar-refractivity contribution is -0.384. The maximum atomic E-state index is 10.8. The number of non-ortho nitro benzene ring substituents is 1. The zero-order valence-electron chi connectivity index (χ0n) is 16.2. The molecule has 0 saturated carbocycles. The van der Waals surface area contributed by atoms with Crippen molar-refractivity contribution in [1.29, 1.82) is 5.26 Å². The average molecular weight is 380 g/mol. The van der Waals surface area contributed by atoms with E-state index in [1.165, 1.54) is 25.0 Å². The highest BCUT2D eigenvalue weighted by Crippen LogP contribution is 2.30. The van der Waals surface area contributed by atoms with Crippen LogP contribution in [0, 0.1) is 21.4 Å². The molecule has 6 nitrogen and oxygen atoms in total. The van der Waals surface area contributed by atoms with Crippen LogP contribution in [-0.2, 0) is 0 Å². The molecule has 0 saturated heterocycles. The number of ether oxygens (including phenoxy) is 2. The summed E-state index contributed by atoms with van der Waals surface area (Å²) in [7, 11) is 1.58. The largest absolute Gasteiger partial charge is 0.493 e. The quantitative estimate of drug-likeness (QED) is 0.175. The van der Waals surface area contributed by atoms with Crippen molar-refractivity contribution < 1.29 is 14.4 Å². The summed E-state index contributed by atoms with van der Waals surface area (Å²) in [6.45, 7) is 2.81. The molecule has 0 aliphatic carbocycles. The summed E-state index contributed by atoms with van der Waals surface area (Å²) in [6.07, 6.45) is 6.23. The molecule has 0 unspecified atom stereocenters. The van der Waals surface area contributed by atoms with Gasteiger partial charge < -0.3 is 9.47 Å². The summed E-state index contributed by atoms with van der Waals surface area (Å²) in [4.78, 5) is 10.3. The van der Waals surface area contributed by atoms with Gasteiger partial charge in [-0.15, -0.1) is 0 Å². The fourth-order valence-electron chi connectivity index (χ4n) is 2.71. The van der Waals surface area contributed by atoms with Gasteiger partial charge in [-0.25, -0.2) is 0 Å². The van der Waals surface area contributed by atoms with E-state index in [4.69, 9.17) is 9.47 Å². The fourth-order valence-corrected chi connectivity index (χ4v) is 2.71. The van der Waals surface area contributed by atoms with Gasteiger partial charge >= 0.3 is 0 Å². The molecule has 28 heavy (non-hydrogen) atoms. The number of benzene rings is 2. The van der Waals surface area contributed by atoms with Crippen molar-refractivity contribution in [3.63, 3.8) is 0 Å². The molecule has 0 fully saturated rings. The first-order chi connectivity index (χ1) is 13.6. The normalized spacial score (nSPS) is 11.0. The van der Waals surface area contributed by atoms with Crippen molar-refractivity contribution in [1.82, 2.24) is 0 Å². The van der Waals surface area contributed by atoms with E-state index in [-0.39, 0.29) is 5.69 Å². The van der Waals surface area contributed by atoms with Crippen LogP contribution in [0.5, 0.6) is 11.5 Å². The predicted molar refractivity (Wildman–Crippen MR) is 109 cm³/mol. The smallest absolute Gasteiger partial charge is 0.269 e. The van der Waals surface area contributed by atoms with E-state index in [0.717, 1.165) is 18.4 Å². The Morgan fingerprint density at radius 3 is 2.50 bits per heavy atom. The number of nitro benzene ring substituents is 1. The molecular weight excluding hydrogens is 356 g/mol. The number of nitriles is 1. The van der Waals surface area contributed by atoms with Crippen LogP contribution in [0.1, 0.15) is 43.7 Å². The van der Waals surface area contributed by atoms with Gasteiger partial charge in [-0.2, -0.15) is 5.26 Å². The molecule has 0 aliphatic heterocycles. The Kier molecular flexibility index (Phi) is 8.04. The van der Waals surface area contributed by atoms with E-state index in [1.807, 2.05) is 18.2 Å². The van der Waals surface area contributed by atoms with Crippen molar-refractivity contribution in [2.45, 2.75) is 32.6 Å². The van der Waals surface area contributed by atoms with Crippen LogP contribution < -0.4 is 9.47 Å². The topological polar surface area (TPSA) is 85.4 Å². The Balaban J connectivity index is 2.16. The molecule has 0 amide bonds. The lowest BCUT2D eigenvalue weighted by atomic mass is 10.0. The average Bonchev–Trinajstić information content (AvgIpc) is 2.72. The van der Waals surface area contributed by atoms with Gasteiger partial charge in [0, 0.05) is 12.1 Å². The van der Waals surface area contributed by atoms with Gasteiger partial charge in [0.25, 0.3) is 5.69 Å². The number of methoxy groups -OCH3 is 1. The number of nitro groups is 1. The van der Waals surface area contributed by atoms with Crippen LogP contribution in [-0.4, -0.2) is 18.6 Å². The monoisotopic (exact) mass is 380 g/mol. The van der Waals surface area contributed by atoms with Gasteiger partial charge in [0.05, 0.1) is 30.3 Å². The standard InChI is InChI=1S/C22H24N2O4/c1-3-4-5-6-13-28-21-12-7-17(15-22(21)27-2)14-19(16-23)18-8-10-20(11-9-18)24(25)26/h7-12,14-15H,3-6,13H2,1-2H3/b19-14+. The zero-order valence-corrected chi connectivity index (χ0v) is 16.2. The van der Waals surface area contributed by atoms with Crippen molar-refractivity contribution in [3.8, 4) is 17.6 Å². The van der Waals surface area contributed by atoms with Crippen LogP contribution in [0.25, 0.3) is 11.6 Å². The molecule has 0 aromatic heterocycles. The molecule has 0 heterocycles. The van der Waals surface area contributed by atoms with Crippen molar-refractivity contribution >= 4 is 17.3 Å². The molecule has 2 aromatic rings. The fraction of sp³-hybridized carbons (Fsp3) is 0.318. The lowest BCUT2D eigenvalue weighted by Gasteiger charge is -2.11. The minimum absolute atomic E-state index is 0.0110. The van der Waals surface area contributed by atoms with Gasteiger partial charge in [-0.1, -0.05) is 32.3 Å². The third kappa shape index (κ3) is 5.85. The summed E-state index contributed by atoms with van der Waals surface area (Å²) >= 11 is 0. The van der Waals surface area contributed by atoms with E-state index in [9.17, 15) is 15.4 Å². The van der Waals surface area contributed by atoms with Crippen LogP contribution in [0.15, 0.2) is 42.5 Å². The van der Waals surface area contributed by atoms with Gasteiger partial charge in [0.15, 0.2) is 11.5 Å². The Morgan fingerprint density at radius 2 is 1.89 bits per heavy atom. The summed E-state index contributed by atoms with van der Waals surface area (Å²) in [5.74, 6) is 1.27. The van der Waals surface area contributed by atoms with E-state index >= 15 is 0 Å². The molecule has 0 N–H and O–H groups in total. The van der Waals surface area contributed by atoms with Crippen molar-refractivity contribution in [2.24, 2.45) is 0 Å². The Morgan fingerprint density at radius 1 is 1.14 bits per heavy atom. The second-order valence-electron chi connectivity index (χ2n) is 6.29. The van der Waals surface area contributed by atoms with E-state index < -0.39 is 4.92 Å². The second kappa shape index (κ2) is 10.7. The number of hydrogen-bond donors (Lipinski definition) is 0. The maximum absolute atomic E-state index is 10.8. The highest BCUT2D eigenvalue weighted by Gasteiger charge is 2.09. The third-order valence-corrected chi connectivity index (χ3v) is 4.26. The molecule has 0 spiro atoms. The molecule has 146 valence electrons. The van der Waals surface area contributed by atoms with Gasteiger partial charge in [-0.3, -0.25) is 10.1 Å². The predicted octanol–water partition coefficient (Wildman–Crippen LogP) is 5.63. The lowest BCUT2D eigenvalue weighted by Crippen LogP contribution is -1.99. The molecule has 2 rings (SSSR count). The number of allylic oxidation sites excluding steroid dienone is 1. The summed E-state index contributed by atoms with van der Waals surface area (Å²) < 4.78 is 11.2. The number of nitrogens with zero attached hydrogens (tertiary/aromatic N) is 2. The van der Waals surface area contributed by atoms with Gasteiger partial charge in [0.1, 0.15) is 0 Å². The first-order valence-corrected chi connectivity index (χ1v) is 9.26. The summed E-state index contributed by atoms with van der Waals surface area (Å²) in [5.41, 5.74) is 1.79. The molecule has 0 radical (unpaired) electrons. The Labute approximate surface area is 165 Å². The zero-order chi connectivity index (χ0) is 20.4. The molecule has 6 heteroatoms. The third-order valence-electron chi connectivity index (χ3n) is 4.26. The highest BCUT2D eigenvalue weighted by atomic mass is 16.6. The van der Waals surface area contributed by atoms with Crippen LogP contribution in [0.2, 0.25) is 0 Å². The minimum Gasteiger partial charge on any atom is -0.493 e. The first-order valence-electron chi connectivity index (χ1n) is 9.26. The molecule has 0 atom stereocenters. The Hall–Kier alpha value is -3.33. The van der Waals surface area contributed by atoms with Gasteiger partial charge in [0.2, 0.25) is 0 Å². The van der Waals surface area contributed by atoms with E-state index in [1.54, 1.807) is 25.3 Å². The number of hydrogen-bond acceptors (Lipinski definition) is 5. The van der Waals surface area contributed by atoms with Crippen molar-refractivity contribution in [3.05, 3.63) is 63.7 Å². The van der Waals surface area contributed by atoms with Crippen LogP contribution in [0.4, 0.5) is 5.69 Å². The summed E-state index contributed by atoms with van der Waals surface area (Å²) in [6, 6.07) is 13.5. The van der Waals surface area contributed by atoms with Crippen LogP contribution >= 0.6 is 0 Å². The minimum atomic E-state index is -0.467. The molecular formula is C22H24N2O4. The van der Waals surface area contributed by atoms with Gasteiger partial charge in [-0.05, 0) is 47.9 Å². The van der Waals surface area contributed by atoms with Crippen LogP contribution in [0.3, 0.4) is 0 Å². The number of rotatable bonds is 10. The molecule has 0 aliphatic rings. The van der Waals surface area contributed by atoms with E-state index in [0.29, 0.717) is 29.2 Å². The first kappa shape index (κ1) is 21.0. The molecule has 0 bridgehead atoms. The van der Waals surface area contributed by atoms with Crippen molar-refractivity contribution in [2.75, 3.05) is 13.7 Å². The summed E-state index contributed by atoms with van der Waals surface area (Å²) in [5, 5.41) is 20.3. The SMILES string of the molecule is CCCCCCOc1ccc(/C=C(\C#N)c2ccc([N+](=O)[O-])cc2)cc1OC. The number of unbranched alkanes of at least 4 members (excludes halogenated alkanes) is 3. The highest BCUT2D eigenvalue weighted by molar-refractivity contribution is 5.90. The maximum Gasteiger partial charge on any atom is 0.269 e. The Bertz CT molecular complexity index is 867. The molecule has 2 aromatic carbocycles.